The molecule has 8 heteroatoms. The SMILES string of the molecule is CC(C)c1ccccc1NC(=O)C(C)n1cc(-c2cncc(C(N)=O)c2)nn1. The molecule has 0 bridgehead atoms. The Balaban J connectivity index is 1.79. The lowest BCUT2D eigenvalue weighted by Gasteiger charge is -2.16. The predicted molar refractivity (Wildman–Crippen MR) is 106 cm³/mol. The van der Waals surface area contributed by atoms with Gasteiger partial charge in [0.2, 0.25) is 11.8 Å². The first-order valence-corrected chi connectivity index (χ1v) is 8.93. The summed E-state index contributed by atoms with van der Waals surface area (Å²) >= 11 is 0. The minimum Gasteiger partial charge on any atom is -0.366 e. The summed E-state index contributed by atoms with van der Waals surface area (Å²) in [5, 5.41) is 11.1. The Morgan fingerprint density at radius 1 is 1.14 bits per heavy atom. The normalized spacial score (nSPS) is 12.0. The number of carbonyl (C=O) groups is 2. The lowest BCUT2D eigenvalue weighted by molar-refractivity contribution is -0.119. The molecule has 2 amide bonds. The maximum Gasteiger partial charge on any atom is 0.250 e. The van der Waals surface area contributed by atoms with Crippen LogP contribution in [0.25, 0.3) is 11.3 Å². The van der Waals surface area contributed by atoms with Crippen molar-refractivity contribution in [1.82, 2.24) is 20.0 Å². The number of carbonyl (C=O) groups excluding carboxylic acids is 2. The number of hydrogen-bond acceptors (Lipinski definition) is 5. The van der Waals surface area contributed by atoms with E-state index in [1.54, 1.807) is 25.4 Å². The molecule has 1 aromatic carbocycles. The molecule has 0 saturated carbocycles. The number of primary amides is 1. The zero-order valence-electron chi connectivity index (χ0n) is 16.0. The Bertz CT molecular complexity index is 1010. The van der Waals surface area contributed by atoms with Gasteiger partial charge in [0, 0.05) is 23.6 Å². The van der Waals surface area contributed by atoms with Crippen LogP contribution in [0.2, 0.25) is 0 Å². The summed E-state index contributed by atoms with van der Waals surface area (Å²) in [6.07, 6.45) is 4.59. The number of nitrogens with one attached hydrogen (secondary N) is 1. The van der Waals surface area contributed by atoms with Crippen molar-refractivity contribution in [2.24, 2.45) is 5.73 Å². The third-order valence-corrected chi connectivity index (χ3v) is 4.45. The smallest absolute Gasteiger partial charge is 0.250 e. The molecule has 8 nitrogen and oxygen atoms in total. The first-order valence-electron chi connectivity index (χ1n) is 8.93. The highest BCUT2D eigenvalue weighted by atomic mass is 16.2. The fourth-order valence-electron chi connectivity index (χ4n) is 2.78. The van der Waals surface area contributed by atoms with Gasteiger partial charge in [0.15, 0.2) is 0 Å². The number of anilines is 1. The lowest BCUT2D eigenvalue weighted by atomic mass is 10.0. The molecular formula is C20H22N6O2. The maximum absolute atomic E-state index is 12.7. The monoisotopic (exact) mass is 378 g/mol. The van der Waals surface area contributed by atoms with Crippen LogP contribution in [0.3, 0.4) is 0 Å². The Hall–Kier alpha value is -3.55. The predicted octanol–water partition coefficient (Wildman–Crippen LogP) is 2.76. The van der Waals surface area contributed by atoms with Crippen LogP contribution in [-0.4, -0.2) is 31.8 Å². The number of pyridine rings is 1. The first kappa shape index (κ1) is 19.2. The fraction of sp³-hybridized carbons (Fsp3) is 0.250. The Kier molecular flexibility index (Phi) is 5.49. The maximum atomic E-state index is 12.7. The van der Waals surface area contributed by atoms with E-state index in [4.69, 9.17) is 5.73 Å². The van der Waals surface area contributed by atoms with Crippen LogP contribution in [0.4, 0.5) is 5.69 Å². The number of para-hydroxylation sites is 1. The van der Waals surface area contributed by atoms with E-state index in [1.807, 2.05) is 24.3 Å². The average molecular weight is 378 g/mol. The zero-order valence-corrected chi connectivity index (χ0v) is 16.0. The second kappa shape index (κ2) is 7.99. The van der Waals surface area contributed by atoms with Crippen molar-refractivity contribution in [2.45, 2.75) is 32.7 Å². The Labute approximate surface area is 162 Å². The van der Waals surface area contributed by atoms with E-state index in [0.29, 0.717) is 11.3 Å². The lowest BCUT2D eigenvalue weighted by Crippen LogP contribution is -2.24. The van der Waals surface area contributed by atoms with E-state index in [0.717, 1.165) is 11.3 Å². The van der Waals surface area contributed by atoms with Gasteiger partial charge in [-0.3, -0.25) is 14.6 Å². The van der Waals surface area contributed by atoms with Crippen molar-refractivity contribution in [1.29, 1.82) is 0 Å². The summed E-state index contributed by atoms with van der Waals surface area (Å²) in [6, 6.07) is 8.73. The molecule has 28 heavy (non-hydrogen) atoms. The highest BCUT2D eigenvalue weighted by Crippen LogP contribution is 2.25. The van der Waals surface area contributed by atoms with E-state index in [-0.39, 0.29) is 17.4 Å². The largest absolute Gasteiger partial charge is 0.366 e. The highest BCUT2D eigenvalue weighted by molar-refractivity contribution is 5.94. The van der Waals surface area contributed by atoms with Crippen LogP contribution in [0.1, 0.15) is 48.7 Å². The van der Waals surface area contributed by atoms with Crippen LogP contribution in [0.15, 0.2) is 48.9 Å². The summed E-state index contributed by atoms with van der Waals surface area (Å²) in [6.45, 7) is 5.89. The van der Waals surface area contributed by atoms with Crippen LogP contribution in [0, 0.1) is 0 Å². The minimum absolute atomic E-state index is 0.200. The quantitative estimate of drug-likeness (QED) is 0.684. The summed E-state index contributed by atoms with van der Waals surface area (Å²) < 4.78 is 1.47. The number of nitrogens with two attached hydrogens (primary N) is 1. The molecule has 0 spiro atoms. The van der Waals surface area contributed by atoms with E-state index >= 15 is 0 Å². The zero-order chi connectivity index (χ0) is 20.3. The molecule has 3 aromatic rings. The van der Waals surface area contributed by atoms with Crippen LogP contribution < -0.4 is 11.1 Å². The van der Waals surface area contributed by atoms with E-state index in [9.17, 15) is 9.59 Å². The fourth-order valence-corrected chi connectivity index (χ4v) is 2.78. The summed E-state index contributed by atoms with van der Waals surface area (Å²) in [7, 11) is 0. The standard InChI is InChI=1S/C20H22N6O2/c1-12(2)16-6-4-5-7-17(16)23-20(28)13(3)26-11-18(24-25-26)14-8-15(19(21)27)10-22-9-14/h4-13H,1-3H3,(H2,21,27)(H,23,28). The van der Waals surface area contributed by atoms with Gasteiger partial charge in [-0.2, -0.15) is 0 Å². The third kappa shape index (κ3) is 4.06. The van der Waals surface area contributed by atoms with Gasteiger partial charge in [-0.15, -0.1) is 5.10 Å². The van der Waals surface area contributed by atoms with Crippen LogP contribution >= 0.6 is 0 Å². The van der Waals surface area contributed by atoms with Gasteiger partial charge in [-0.1, -0.05) is 37.3 Å². The molecule has 0 saturated heterocycles. The number of amides is 2. The Morgan fingerprint density at radius 3 is 2.61 bits per heavy atom. The molecule has 2 aromatic heterocycles. The van der Waals surface area contributed by atoms with Crippen molar-refractivity contribution in [3.63, 3.8) is 0 Å². The highest BCUT2D eigenvalue weighted by Gasteiger charge is 2.19. The van der Waals surface area contributed by atoms with Crippen molar-refractivity contribution in [3.8, 4) is 11.3 Å². The molecule has 2 heterocycles. The molecule has 1 unspecified atom stereocenters. The average Bonchev–Trinajstić information content (AvgIpc) is 3.18. The third-order valence-electron chi connectivity index (χ3n) is 4.45. The van der Waals surface area contributed by atoms with Crippen molar-refractivity contribution in [2.75, 3.05) is 5.32 Å². The van der Waals surface area contributed by atoms with Gasteiger partial charge in [0.1, 0.15) is 11.7 Å². The molecular weight excluding hydrogens is 356 g/mol. The molecule has 0 aliphatic heterocycles. The van der Waals surface area contributed by atoms with E-state index < -0.39 is 11.9 Å². The summed E-state index contributed by atoms with van der Waals surface area (Å²) in [4.78, 5) is 28.0. The molecule has 0 fully saturated rings. The molecule has 0 aliphatic carbocycles. The van der Waals surface area contributed by atoms with Gasteiger partial charge < -0.3 is 11.1 Å². The van der Waals surface area contributed by atoms with Crippen LogP contribution in [-0.2, 0) is 4.79 Å². The first-order chi connectivity index (χ1) is 13.4. The van der Waals surface area contributed by atoms with Gasteiger partial charge in [0.25, 0.3) is 0 Å². The van der Waals surface area contributed by atoms with Gasteiger partial charge in [0.05, 0.1) is 11.8 Å². The van der Waals surface area contributed by atoms with E-state index in [2.05, 4.69) is 34.5 Å². The number of rotatable bonds is 6. The van der Waals surface area contributed by atoms with E-state index in [1.165, 1.54) is 10.9 Å². The minimum atomic E-state index is -0.575. The molecule has 3 N–H and O–H groups in total. The number of benzene rings is 1. The second-order valence-corrected chi connectivity index (χ2v) is 6.82. The molecule has 1 atom stereocenters. The van der Waals surface area contributed by atoms with Crippen molar-refractivity contribution >= 4 is 17.5 Å². The van der Waals surface area contributed by atoms with Gasteiger partial charge in [-0.05, 0) is 30.5 Å². The number of hydrogen-bond donors (Lipinski definition) is 2. The topological polar surface area (TPSA) is 116 Å². The number of nitrogens with zero attached hydrogens (tertiary/aromatic N) is 4. The molecule has 144 valence electrons. The molecule has 0 radical (unpaired) electrons. The van der Waals surface area contributed by atoms with Crippen molar-refractivity contribution in [3.05, 3.63) is 60.0 Å². The second-order valence-electron chi connectivity index (χ2n) is 6.82. The Morgan fingerprint density at radius 2 is 1.89 bits per heavy atom. The summed E-state index contributed by atoms with van der Waals surface area (Å²) in [5.74, 6) is -0.485. The molecule has 0 aliphatic rings. The molecule has 3 rings (SSSR count). The van der Waals surface area contributed by atoms with Crippen LogP contribution in [0.5, 0.6) is 0 Å². The summed E-state index contributed by atoms with van der Waals surface area (Å²) in [5.41, 5.74) is 8.52. The number of aromatic nitrogens is 4. The van der Waals surface area contributed by atoms with Gasteiger partial charge >= 0.3 is 0 Å². The van der Waals surface area contributed by atoms with Crippen molar-refractivity contribution < 1.29 is 9.59 Å². The van der Waals surface area contributed by atoms with Gasteiger partial charge in [-0.25, -0.2) is 4.68 Å².